The summed E-state index contributed by atoms with van der Waals surface area (Å²) in [4.78, 5) is 15.6. The Morgan fingerprint density at radius 3 is 2.60 bits per heavy atom. The first kappa shape index (κ1) is 15.7. The number of nitrogens with two attached hydrogens (primary N) is 1. The summed E-state index contributed by atoms with van der Waals surface area (Å²) in [6, 6.07) is 3.58. The largest absolute Gasteiger partial charge is 0.368 e. The number of aromatic nitrogens is 1. The Morgan fingerprint density at radius 2 is 2.10 bits per heavy atom. The summed E-state index contributed by atoms with van der Waals surface area (Å²) >= 11 is 9.57. The second-order valence-electron chi connectivity index (χ2n) is 5.27. The van der Waals surface area contributed by atoms with Crippen LogP contribution in [0.25, 0.3) is 0 Å². The van der Waals surface area contributed by atoms with E-state index in [0.29, 0.717) is 4.60 Å². The standard InChI is InChI=1S/C13H16BrClN2O3/c1-12(2)19-6-13(7-20-12,10(15)11(16)18)8-3-4-17-9(14)5-8/h3-5,10H,6-7H2,1-2H3,(H2,16,18). The predicted octanol–water partition coefficient (Wildman–Crippen LogP) is 1.96. The van der Waals surface area contributed by atoms with Gasteiger partial charge in [0.15, 0.2) is 5.79 Å². The number of amides is 1. The lowest BCUT2D eigenvalue weighted by Crippen LogP contribution is -2.57. The Bertz CT molecular complexity index is 514. The predicted molar refractivity (Wildman–Crippen MR) is 78.4 cm³/mol. The normalized spacial score (nSPS) is 22.2. The number of carbonyl (C=O) groups excluding carboxylic acids is 1. The van der Waals surface area contributed by atoms with Gasteiger partial charge in [0.2, 0.25) is 5.91 Å². The number of alkyl halides is 1. The fourth-order valence-corrected chi connectivity index (χ4v) is 2.75. The highest BCUT2D eigenvalue weighted by Gasteiger charge is 2.48. The first-order valence-corrected chi connectivity index (χ1v) is 7.33. The molecule has 0 aliphatic carbocycles. The molecule has 5 nitrogen and oxygen atoms in total. The minimum atomic E-state index is -0.937. The van der Waals surface area contributed by atoms with E-state index in [0.717, 1.165) is 5.56 Å². The van der Waals surface area contributed by atoms with Crippen molar-refractivity contribution in [3.05, 3.63) is 28.5 Å². The molecule has 1 aliphatic rings. The summed E-state index contributed by atoms with van der Waals surface area (Å²) in [6.07, 6.45) is 1.63. The summed E-state index contributed by atoms with van der Waals surface area (Å²) in [5.41, 5.74) is 5.36. The molecule has 110 valence electrons. The first-order chi connectivity index (χ1) is 9.27. The lowest BCUT2D eigenvalue weighted by atomic mass is 9.78. The average molecular weight is 364 g/mol. The summed E-state index contributed by atoms with van der Waals surface area (Å²) < 4.78 is 12.0. The Morgan fingerprint density at radius 1 is 1.50 bits per heavy atom. The van der Waals surface area contributed by atoms with Crippen molar-refractivity contribution >= 4 is 33.4 Å². The minimum absolute atomic E-state index is 0.244. The van der Waals surface area contributed by atoms with Gasteiger partial charge in [0.25, 0.3) is 0 Å². The van der Waals surface area contributed by atoms with Crippen LogP contribution in [0.1, 0.15) is 19.4 Å². The van der Waals surface area contributed by atoms with Gasteiger partial charge in [-0.3, -0.25) is 4.79 Å². The SMILES string of the molecule is CC1(C)OCC(c2ccnc(Br)c2)(C(Cl)C(N)=O)CO1. The summed E-state index contributed by atoms with van der Waals surface area (Å²) in [7, 11) is 0. The van der Waals surface area contributed by atoms with Crippen LogP contribution in [0.3, 0.4) is 0 Å². The molecule has 0 radical (unpaired) electrons. The Balaban J connectivity index is 2.43. The molecule has 20 heavy (non-hydrogen) atoms. The quantitative estimate of drug-likeness (QED) is 0.658. The zero-order valence-corrected chi connectivity index (χ0v) is 13.6. The second-order valence-corrected chi connectivity index (χ2v) is 6.51. The maximum Gasteiger partial charge on any atom is 0.236 e. The molecule has 1 fully saturated rings. The molecule has 0 saturated carbocycles. The van der Waals surface area contributed by atoms with Gasteiger partial charge in [0, 0.05) is 6.20 Å². The molecular weight excluding hydrogens is 348 g/mol. The lowest BCUT2D eigenvalue weighted by molar-refractivity contribution is -0.269. The molecule has 1 saturated heterocycles. The molecule has 1 amide bonds. The van der Waals surface area contributed by atoms with Crippen LogP contribution in [0, 0.1) is 0 Å². The smallest absolute Gasteiger partial charge is 0.236 e. The number of ether oxygens (including phenoxy) is 2. The van der Waals surface area contributed by atoms with Crippen molar-refractivity contribution in [3.63, 3.8) is 0 Å². The number of pyridine rings is 1. The van der Waals surface area contributed by atoms with E-state index in [-0.39, 0.29) is 13.2 Å². The van der Waals surface area contributed by atoms with Gasteiger partial charge >= 0.3 is 0 Å². The molecule has 2 rings (SSSR count). The van der Waals surface area contributed by atoms with Crippen molar-refractivity contribution in [3.8, 4) is 0 Å². The summed E-state index contributed by atoms with van der Waals surface area (Å²) in [6.45, 7) is 4.11. The van der Waals surface area contributed by atoms with Gasteiger partial charge in [-0.05, 0) is 47.5 Å². The van der Waals surface area contributed by atoms with Crippen LogP contribution < -0.4 is 5.73 Å². The third kappa shape index (κ3) is 2.98. The van der Waals surface area contributed by atoms with Gasteiger partial charge in [0.05, 0.1) is 18.6 Å². The minimum Gasteiger partial charge on any atom is -0.368 e. The van der Waals surface area contributed by atoms with E-state index < -0.39 is 22.5 Å². The van der Waals surface area contributed by atoms with Crippen molar-refractivity contribution in [2.75, 3.05) is 13.2 Å². The van der Waals surface area contributed by atoms with Crippen molar-refractivity contribution in [1.82, 2.24) is 4.98 Å². The van der Waals surface area contributed by atoms with E-state index in [1.54, 1.807) is 18.3 Å². The lowest BCUT2D eigenvalue weighted by Gasteiger charge is -2.45. The fourth-order valence-electron chi connectivity index (χ4n) is 2.13. The third-order valence-electron chi connectivity index (χ3n) is 3.39. The molecule has 1 unspecified atom stereocenters. The van der Waals surface area contributed by atoms with Gasteiger partial charge in [-0.2, -0.15) is 0 Å². The van der Waals surface area contributed by atoms with Crippen LogP contribution in [0.2, 0.25) is 0 Å². The molecule has 1 aromatic heterocycles. The fraction of sp³-hybridized carbons (Fsp3) is 0.538. The van der Waals surface area contributed by atoms with E-state index in [4.69, 9.17) is 26.8 Å². The number of rotatable bonds is 3. The van der Waals surface area contributed by atoms with Crippen molar-refractivity contribution in [2.45, 2.75) is 30.4 Å². The second kappa shape index (κ2) is 5.60. The van der Waals surface area contributed by atoms with Crippen LogP contribution in [0.4, 0.5) is 0 Å². The molecule has 1 atom stereocenters. The third-order valence-corrected chi connectivity index (χ3v) is 4.46. The zero-order chi connectivity index (χ0) is 15.0. The zero-order valence-electron chi connectivity index (χ0n) is 11.2. The van der Waals surface area contributed by atoms with Gasteiger partial charge in [0.1, 0.15) is 9.98 Å². The van der Waals surface area contributed by atoms with Crippen molar-refractivity contribution < 1.29 is 14.3 Å². The molecule has 2 N–H and O–H groups in total. The molecule has 0 spiro atoms. The van der Waals surface area contributed by atoms with Gasteiger partial charge < -0.3 is 15.2 Å². The molecule has 7 heteroatoms. The first-order valence-electron chi connectivity index (χ1n) is 6.10. The number of carbonyl (C=O) groups is 1. The molecule has 0 aromatic carbocycles. The van der Waals surface area contributed by atoms with Crippen molar-refractivity contribution in [2.24, 2.45) is 5.73 Å². The van der Waals surface area contributed by atoms with Crippen LogP contribution in [-0.2, 0) is 19.7 Å². The molecular formula is C13H16BrClN2O3. The van der Waals surface area contributed by atoms with E-state index in [2.05, 4.69) is 20.9 Å². The Hall–Kier alpha value is -0.690. The van der Waals surface area contributed by atoms with Gasteiger partial charge in [-0.1, -0.05) is 0 Å². The maximum absolute atomic E-state index is 11.6. The van der Waals surface area contributed by atoms with Crippen molar-refractivity contribution in [1.29, 1.82) is 0 Å². The van der Waals surface area contributed by atoms with Crippen LogP contribution in [0.5, 0.6) is 0 Å². The maximum atomic E-state index is 11.6. The molecule has 1 aliphatic heterocycles. The number of halogens is 2. The van der Waals surface area contributed by atoms with Crippen LogP contribution in [0.15, 0.2) is 22.9 Å². The summed E-state index contributed by atoms with van der Waals surface area (Å²) in [5, 5.41) is -0.937. The molecule has 1 aromatic rings. The van der Waals surface area contributed by atoms with Gasteiger partial charge in [-0.15, -0.1) is 11.6 Å². The highest BCUT2D eigenvalue weighted by atomic mass is 79.9. The summed E-state index contributed by atoms with van der Waals surface area (Å²) in [5.74, 6) is -1.31. The molecule has 0 bridgehead atoms. The Kier molecular flexibility index (Phi) is 4.39. The Labute approximate surface area is 130 Å². The molecule has 2 heterocycles. The van der Waals surface area contributed by atoms with Crippen LogP contribution in [-0.4, -0.2) is 35.3 Å². The number of hydrogen-bond acceptors (Lipinski definition) is 4. The highest BCUT2D eigenvalue weighted by molar-refractivity contribution is 9.10. The number of hydrogen-bond donors (Lipinski definition) is 1. The monoisotopic (exact) mass is 362 g/mol. The topological polar surface area (TPSA) is 74.4 Å². The average Bonchev–Trinajstić information content (AvgIpc) is 2.38. The van der Waals surface area contributed by atoms with Gasteiger partial charge in [-0.25, -0.2) is 4.98 Å². The number of nitrogens with zero attached hydrogens (tertiary/aromatic N) is 1. The van der Waals surface area contributed by atoms with E-state index in [1.807, 2.05) is 13.8 Å². The van der Waals surface area contributed by atoms with E-state index >= 15 is 0 Å². The number of primary amides is 1. The highest BCUT2D eigenvalue weighted by Crippen LogP contribution is 2.38. The van der Waals surface area contributed by atoms with Crippen LogP contribution >= 0.6 is 27.5 Å². The van der Waals surface area contributed by atoms with E-state index in [1.165, 1.54) is 0 Å². The van der Waals surface area contributed by atoms with E-state index in [9.17, 15) is 4.79 Å².